The molecular weight excluding hydrogens is 320 g/mol. The molecule has 0 amide bonds. The van der Waals surface area contributed by atoms with Crippen molar-refractivity contribution in [3.05, 3.63) is 53.4 Å². The summed E-state index contributed by atoms with van der Waals surface area (Å²) in [5.41, 5.74) is -0.528. The van der Waals surface area contributed by atoms with E-state index in [1.165, 1.54) is 0 Å². The molecule has 1 N–H and O–H groups in total. The van der Waals surface area contributed by atoms with Crippen LogP contribution in [0.3, 0.4) is 0 Å². The Kier molecular flexibility index (Phi) is 3.24. The molecule has 0 fully saturated rings. The van der Waals surface area contributed by atoms with Gasteiger partial charge in [0.25, 0.3) is 11.6 Å². The number of hydrogen-bond donors (Lipinski definition) is 1. The number of ketones is 1. The predicted octanol–water partition coefficient (Wildman–Crippen LogP) is 2.22. The molecule has 0 bridgehead atoms. The van der Waals surface area contributed by atoms with Crippen LogP contribution in [0.15, 0.2) is 30.6 Å². The third kappa shape index (κ3) is 2.70. The SMILES string of the molecule is O=C(c1cnc2nc(C(F)(F)F)nn2c1)c1cc(F)ccc1O. The van der Waals surface area contributed by atoms with Gasteiger partial charge in [-0.15, -0.1) is 5.10 Å². The molecule has 0 saturated heterocycles. The van der Waals surface area contributed by atoms with Crippen LogP contribution >= 0.6 is 0 Å². The normalized spacial score (nSPS) is 11.8. The Bertz CT molecular complexity index is 920. The molecule has 3 aromatic rings. The van der Waals surface area contributed by atoms with Crippen molar-refractivity contribution in [1.29, 1.82) is 0 Å². The maximum Gasteiger partial charge on any atom is 0.453 e. The number of aromatic nitrogens is 4. The fraction of sp³-hybridized carbons (Fsp3) is 0.0769. The van der Waals surface area contributed by atoms with Crippen molar-refractivity contribution in [2.24, 2.45) is 0 Å². The first-order valence-electron chi connectivity index (χ1n) is 6.08. The minimum absolute atomic E-state index is 0.183. The fourth-order valence-corrected chi connectivity index (χ4v) is 1.87. The molecule has 0 aliphatic carbocycles. The Morgan fingerprint density at radius 1 is 1.26 bits per heavy atom. The van der Waals surface area contributed by atoms with Crippen molar-refractivity contribution in [1.82, 2.24) is 19.6 Å². The number of phenolic OH excluding ortho intramolecular Hbond substituents is 1. The average Bonchev–Trinajstić information content (AvgIpc) is 2.92. The third-order valence-electron chi connectivity index (χ3n) is 2.91. The topological polar surface area (TPSA) is 80.4 Å². The molecule has 118 valence electrons. The summed E-state index contributed by atoms with van der Waals surface area (Å²) in [5, 5.41) is 12.8. The predicted molar refractivity (Wildman–Crippen MR) is 67.3 cm³/mol. The van der Waals surface area contributed by atoms with Crippen LogP contribution in [-0.4, -0.2) is 30.5 Å². The van der Waals surface area contributed by atoms with Gasteiger partial charge in [-0.1, -0.05) is 0 Å². The van der Waals surface area contributed by atoms with Gasteiger partial charge in [-0.2, -0.15) is 18.2 Å². The van der Waals surface area contributed by atoms with Crippen molar-refractivity contribution < 1.29 is 27.5 Å². The summed E-state index contributed by atoms with van der Waals surface area (Å²) in [4.78, 5) is 19.0. The molecular formula is C13H6F4N4O2. The lowest BCUT2D eigenvalue weighted by Crippen LogP contribution is -2.08. The third-order valence-corrected chi connectivity index (χ3v) is 2.91. The van der Waals surface area contributed by atoms with Crippen LogP contribution in [0.2, 0.25) is 0 Å². The van der Waals surface area contributed by atoms with Gasteiger partial charge in [0.05, 0.1) is 11.1 Å². The molecule has 0 unspecified atom stereocenters. The highest BCUT2D eigenvalue weighted by molar-refractivity contribution is 6.10. The lowest BCUT2D eigenvalue weighted by atomic mass is 10.1. The summed E-state index contributed by atoms with van der Waals surface area (Å²) in [5.74, 6) is -3.78. The second-order valence-corrected chi connectivity index (χ2v) is 4.51. The molecule has 3 rings (SSSR count). The van der Waals surface area contributed by atoms with Crippen molar-refractivity contribution in [3.8, 4) is 5.75 Å². The highest BCUT2D eigenvalue weighted by Crippen LogP contribution is 2.26. The van der Waals surface area contributed by atoms with E-state index in [0.29, 0.717) is 4.52 Å². The van der Waals surface area contributed by atoms with E-state index in [0.717, 1.165) is 30.6 Å². The highest BCUT2D eigenvalue weighted by Gasteiger charge is 2.36. The number of carbonyl (C=O) groups excluding carboxylic acids is 1. The number of hydrogen-bond acceptors (Lipinski definition) is 5. The average molecular weight is 326 g/mol. The second-order valence-electron chi connectivity index (χ2n) is 4.51. The molecule has 2 heterocycles. The summed E-state index contributed by atoms with van der Waals surface area (Å²) in [6, 6.07) is 2.76. The summed E-state index contributed by atoms with van der Waals surface area (Å²) in [6.07, 6.45) is -2.81. The van der Waals surface area contributed by atoms with Crippen molar-refractivity contribution >= 4 is 11.6 Å². The fourth-order valence-electron chi connectivity index (χ4n) is 1.87. The molecule has 0 atom stereocenters. The van der Waals surface area contributed by atoms with Gasteiger partial charge in [-0.25, -0.2) is 13.9 Å². The van der Waals surface area contributed by atoms with Gasteiger partial charge in [0, 0.05) is 12.4 Å². The molecule has 10 heteroatoms. The Balaban J connectivity index is 2.06. The van der Waals surface area contributed by atoms with Crippen molar-refractivity contribution in [2.45, 2.75) is 6.18 Å². The van der Waals surface area contributed by atoms with E-state index >= 15 is 0 Å². The van der Waals surface area contributed by atoms with Crippen LogP contribution in [0.25, 0.3) is 5.78 Å². The second kappa shape index (κ2) is 5.00. The number of halogens is 4. The molecule has 0 radical (unpaired) electrons. The van der Waals surface area contributed by atoms with Gasteiger partial charge in [-0.05, 0) is 18.2 Å². The first-order valence-corrected chi connectivity index (χ1v) is 6.08. The lowest BCUT2D eigenvalue weighted by molar-refractivity contribution is -0.144. The number of rotatable bonds is 2. The van der Waals surface area contributed by atoms with Gasteiger partial charge >= 0.3 is 6.18 Å². The van der Waals surface area contributed by atoms with Crippen molar-refractivity contribution in [2.75, 3.05) is 0 Å². The Labute approximate surface area is 125 Å². The molecule has 0 aliphatic heterocycles. The first kappa shape index (κ1) is 14.9. The summed E-state index contributed by atoms with van der Waals surface area (Å²) in [7, 11) is 0. The van der Waals surface area contributed by atoms with Crippen molar-refractivity contribution in [3.63, 3.8) is 0 Å². The molecule has 2 aromatic heterocycles. The van der Waals surface area contributed by atoms with Gasteiger partial charge in [0.15, 0.2) is 5.78 Å². The zero-order valence-electron chi connectivity index (χ0n) is 11.0. The monoisotopic (exact) mass is 326 g/mol. The van der Waals surface area contributed by atoms with E-state index in [1.807, 2.05) is 0 Å². The number of benzene rings is 1. The van der Waals surface area contributed by atoms with E-state index in [-0.39, 0.29) is 16.9 Å². The Morgan fingerprint density at radius 3 is 2.70 bits per heavy atom. The quantitative estimate of drug-likeness (QED) is 0.577. The summed E-state index contributed by atoms with van der Waals surface area (Å²) in [6.45, 7) is 0. The Morgan fingerprint density at radius 2 is 2.00 bits per heavy atom. The minimum atomic E-state index is -4.75. The van der Waals surface area contributed by atoms with Gasteiger partial charge in [0.1, 0.15) is 11.6 Å². The zero-order chi connectivity index (χ0) is 16.8. The molecule has 23 heavy (non-hydrogen) atoms. The number of nitrogens with zero attached hydrogens (tertiary/aromatic N) is 4. The van der Waals surface area contributed by atoms with Crippen LogP contribution in [-0.2, 0) is 6.18 Å². The number of phenols is 1. The molecule has 6 nitrogen and oxygen atoms in total. The van der Waals surface area contributed by atoms with Crippen LogP contribution < -0.4 is 0 Å². The molecule has 0 saturated carbocycles. The Hall–Kier alpha value is -3.04. The van der Waals surface area contributed by atoms with Crippen LogP contribution in [0, 0.1) is 5.82 Å². The lowest BCUT2D eigenvalue weighted by Gasteiger charge is -2.04. The van der Waals surface area contributed by atoms with E-state index in [1.54, 1.807) is 0 Å². The smallest absolute Gasteiger partial charge is 0.453 e. The number of fused-ring (bicyclic) bond motifs is 1. The van der Waals surface area contributed by atoms with Gasteiger partial charge in [-0.3, -0.25) is 4.79 Å². The maximum absolute atomic E-state index is 13.2. The number of aromatic hydroxyl groups is 1. The molecule has 1 aromatic carbocycles. The minimum Gasteiger partial charge on any atom is -0.507 e. The van der Waals surface area contributed by atoms with Crippen LogP contribution in [0.5, 0.6) is 5.75 Å². The van der Waals surface area contributed by atoms with E-state index in [9.17, 15) is 27.5 Å². The highest BCUT2D eigenvalue weighted by atomic mass is 19.4. The van der Waals surface area contributed by atoms with Crippen LogP contribution in [0.1, 0.15) is 21.7 Å². The maximum atomic E-state index is 13.2. The first-order chi connectivity index (χ1) is 10.8. The number of carbonyl (C=O) groups is 1. The zero-order valence-corrected chi connectivity index (χ0v) is 11.0. The molecule has 0 spiro atoms. The van der Waals surface area contributed by atoms with E-state index in [4.69, 9.17) is 0 Å². The summed E-state index contributed by atoms with van der Waals surface area (Å²) < 4.78 is 51.5. The standard InChI is InChI=1S/C13H6F4N4O2/c14-7-1-2-9(22)8(3-7)10(23)6-4-18-12-19-11(13(15,16)17)20-21(12)5-6/h1-5,22H. The van der Waals surface area contributed by atoms with Gasteiger partial charge < -0.3 is 5.11 Å². The molecule has 0 aliphatic rings. The number of alkyl halides is 3. The van der Waals surface area contributed by atoms with E-state index < -0.39 is 29.4 Å². The summed E-state index contributed by atoms with van der Waals surface area (Å²) >= 11 is 0. The van der Waals surface area contributed by atoms with Gasteiger partial charge in [0.2, 0.25) is 0 Å². The van der Waals surface area contributed by atoms with Crippen LogP contribution in [0.4, 0.5) is 17.6 Å². The largest absolute Gasteiger partial charge is 0.507 e. The van der Waals surface area contributed by atoms with E-state index in [2.05, 4.69) is 15.1 Å².